The fourth-order valence-electron chi connectivity index (χ4n) is 1.90. The summed E-state index contributed by atoms with van der Waals surface area (Å²) in [5.41, 5.74) is 3.29. The number of aliphatic hydroxyl groups is 1. The van der Waals surface area contributed by atoms with E-state index in [9.17, 15) is 0 Å². The summed E-state index contributed by atoms with van der Waals surface area (Å²) in [5, 5.41) is 17.0. The van der Waals surface area contributed by atoms with Crippen molar-refractivity contribution in [3.05, 3.63) is 41.7 Å². The monoisotopic (exact) mass is 245 g/mol. The van der Waals surface area contributed by atoms with Crippen molar-refractivity contribution in [1.29, 1.82) is 0 Å². The molecule has 96 valence electrons. The molecule has 0 aliphatic heterocycles. The van der Waals surface area contributed by atoms with Crippen LogP contribution in [-0.4, -0.2) is 26.7 Å². The van der Waals surface area contributed by atoms with Crippen LogP contribution in [0.2, 0.25) is 0 Å². The molecule has 0 saturated carbocycles. The molecule has 0 spiro atoms. The topological polar surface area (TPSA) is 50.9 Å². The van der Waals surface area contributed by atoms with Gasteiger partial charge in [0.1, 0.15) is 0 Å². The summed E-state index contributed by atoms with van der Waals surface area (Å²) in [6.45, 7) is 2.37. The van der Waals surface area contributed by atoms with Crippen LogP contribution in [0.4, 0.5) is 0 Å². The van der Waals surface area contributed by atoms with Gasteiger partial charge in [-0.3, -0.25) is 0 Å². The number of hydrogen-bond donors (Lipinski definition) is 1. The lowest BCUT2D eigenvalue weighted by Crippen LogP contribution is -1.95. The van der Waals surface area contributed by atoms with Crippen molar-refractivity contribution in [3.8, 4) is 5.69 Å². The minimum atomic E-state index is 0.193. The van der Waals surface area contributed by atoms with E-state index in [0.717, 1.165) is 37.1 Å². The van der Waals surface area contributed by atoms with Gasteiger partial charge in [-0.1, -0.05) is 30.7 Å². The highest BCUT2D eigenvalue weighted by Gasteiger charge is 2.02. The number of aliphatic hydroxyl groups excluding tert-OH is 1. The molecule has 0 atom stereocenters. The Morgan fingerprint density at radius 2 is 1.94 bits per heavy atom. The van der Waals surface area contributed by atoms with Gasteiger partial charge in [-0.15, -0.1) is 5.10 Å². The molecule has 18 heavy (non-hydrogen) atoms. The van der Waals surface area contributed by atoms with Gasteiger partial charge in [0.2, 0.25) is 0 Å². The van der Waals surface area contributed by atoms with Crippen LogP contribution in [0.5, 0.6) is 0 Å². The van der Waals surface area contributed by atoms with Gasteiger partial charge >= 0.3 is 0 Å². The Bertz CT molecular complexity index is 476. The zero-order valence-corrected chi connectivity index (χ0v) is 10.7. The molecule has 2 aromatic rings. The summed E-state index contributed by atoms with van der Waals surface area (Å²) in [6.07, 6.45) is 5.69. The van der Waals surface area contributed by atoms with Crippen molar-refractivity contribution < 1.29 is 5.11 Å². The molecule has 0 amide bonds. The maximum absolute atomic E-state index is 8.78. The van der Waals surface area contributed by atoms with Crippen LogP contribution in [-0.2, 0) is 12.8 Å². The van der Waals surface area contributed by atoms with E-state index in [1.165, 1.54) is 5.56 Å². The van der Waals surface area contributed by atoms with E-state index in [0.29, 0.717) is 0 Å². The fraction of sp³-hybridized carbons (Fsp3) is 0.429. The molecule has 1 aromatic heterocycles. The Hall–Kier alpha value is -1.68. The molecular formula is C14H19N3O. The third-order valence-corrected chi connectivity index (χ3v) is 2.87. The largest absolute Gasteiger partial charge is 0.396 e. The standard InChI is InChI=1S/C14H19N3O/c1-2-4-12-6-8-14(9-7-12)17-11-13(15-16-17)5-3-10-18/h6-9,11,18H,2-5,10H2,1H3. The molecule has 1 heterocycles. The van der Waals surface area contributed by atoms with Gasteiger partial charge in [0.15, 0.2) is 0 Å². The first-order valence-electron chi connectivity index (χ1n) is 6.45. The molecule has 2 rings (SSSR count). The lowest BCUT2D eigenvalue weighted by atomic mass is 10.1. The lowest BCUT2D eigenvalue weighted by molar-refractivity contribution is 0.288. The number of rotatable bonds is 6. The van der Waals surface area contributed by atoms with Gasteiger partial charge in [0, 0.05) is 6.61 Å². The second-order valence-electron chi connectivity index (χ2n) is 4.40. The average Bonchev–Trinajstić information content (AvgIpc) is 2.86. The Morgan fingerprint density at radius 3 is 2.61 bits per heavy atom. The summed E-state index contributed by atoms with van der Waals surface area (Å²) in [4.78, 5) is 0. The van der Waals surface area contributed by atoms with Crippen LogP contribution in [0, 0.1) is 0 Å². The summed E-state index contributed by atoms with van der Waals surface area (Å²) in [7, 11) is 0. The highest BCUT2D eigenvalue weighted by Crippen LogP contribution is 2.11. The number of aryl methyl sites for hydroxylation is 2. The minimum Gasteiger partial charge on any atom is -0.396 e. The quantitative estimate of drug-likeness (QED) is 0.848. The van der Waals surface area contributed by atoms with E-state index < -0.39 is 0 Å². The van der Waals surface area contributed by atoms with Crippen molar-refractivity contribution in [2.75, 3.05) is 6.61 Å². The van der Waals surface area contributed by atoms with Gasteiger partial charge in [-0.2, -0.15) is 0 Å². The highest BCUT2D eigenvalue weighted by atomic mass is 16.2. The summed E-state index contributed by atoms with van der Waals surface area (Å²) < 4.78 is 1.78. The molecule has 0 unspecified atom stereocenters. The van der Waals surface area contributed by atoms with Gasteiger partial charge in [0.05, 0.1) is 17.6 Å². The molecular weight excluding hydrogens is 226 g/mol. The maximum Gasteiger partial charge on any atom is 0.0832 e. The number of aromatic nitrogens is 3. The van der Waals surface area contributed by atoms with Gasteiger partial charge in [-0.05, 0) is 37.0 Å². The maximum atomic E-state index is 8.78. The van der Waals surface area contributed by atoms with Crippen LogP contribution in [0.3, 0.4) is 0 Å². The molecule has 4 heteroatoms. The number of nitrogens with zero attached hydrogens (tertiary/aromatic N) is 3. The van der Waals surface area contributed by atoms with Crippen molar-refractivity contribution in [2.24, 2.45) is 0 Å². The van der Waals surface area contributed by atoms with E-state index in [1.54, 1.807) is 4.68 Å². The zero-order valence-electron chi connectivity index (χ0n) is 10.7. The van der Waals surface area contributed by atoms with Crippen LogP contribution < -0.4 is 0 Å². The minimum absolute atomic E-state index is 0.193. The summed E-state index contributed by atoms with van der Waals surface area (Å²) >= 11 is 0. The number of benzene rings is 1. The fourth-order valence-corrected chi connectivity index (χ4v) is 1.90. The van der Waals surface area contributed by atoms with Gasteiger partial charge in [-0.25, -0.2) is 4.68 Å². The first-order chi connectivity index (χ1) is 8.83. The van der Waals surface area contributed by atoms with Crippen molar-refractivity contribution in [3.63, 3.8) is 0 Å². The van der Waals surface area contributed by atoms with Crippen LogP contribution in [0.25, 0.3) is 5.69 Å². The molecule has 4 nitrogen and oxygen atoms in total. The van der Waals surface area contributed by atoms with Crippen molar-refractivity contribution in [1.82, 2.24) is 15.0 Å². The van der Waals surface area contributed by atoms with Crippen LogP contribution >= 0.6 is 0 Å². The Kier molecular flexibility index (Phi) is 4.47. The van der Waals surface area contributed by atoms with E-state index in [1.807, 2.05) is 6.20 Å². The normalized spacial score (nSPS) is 10.8. The van der Waals surface area contributed by atoms with E-state index in [-0.39, 0.29) is 6.61 Å². The number of hydrogen-bond acceptors (Lipinski definition) is 3. The molecule has 0 aliphatic rings. The molecule has 0 radical (unpaired) electrons. The Labute approximate surface area is 107 Å². The van der Waals surface area contributed by atoms with E-state index in [2.05, 4.69) is 41.5 Å². The molecule has 0 fully saturated rings. The van der Waals surface area contributed by atoms with Crippen LogP contribution in [0.15, 0.2) is 30.5 Å². The van der Waals surface area contributed by atoms with Crippen molar-refractivity contribution in [2.45, 2.75) is 32.6 Å². The summed E-state index contributed by atoms with van der Waals surface area (Å²) in [5.74, 6) is 0. The first kappa shape index (κ1) is 12.8. The molecule has 0 saturated heterocycles. The smallest absolute Gasteiger partial charge is 0.0832 e. The molecule has 0 aliphatic carbocycles. The molecule has 0 bridgehead atoms. The molecule has 1 aromatic carbocycles. The molecule has 1 N–H and O–H groups in total. The Balaban J connectivity index is 2.08. The van der Waals surface area contributed by atoms with E-state index >= 15 is 0 Å². The third-order valence-electron chi connectivity index (χ3n) is 2.87. The second-order valence-corrected chi connectivity index (χ2v) is 4.40. The summed E-state index contributed by atoms with van der Waals surface area (Å²) in [6, 6.07) is 8.40. The van der Waals surface area contributed by atoms with Gasteiger partial charge in [0.25, 0.3) is 0 Å². The average molecular weight is 245 g/mol. The third kappa shape index (κ3) is 3.17. The zero-order chi connectivity index (χ0) is 12.8. The van der Waals surface area contributed by atoms with E-state index in [4.69, 9.17) is 5.11 Å². The van der Waals surface area contributed by atoms with Gasteiger partial charge < -0.3 is 5.11 Å². The predicted molar refractivity (Wildman–Crippen MR) is 70.8 cm³/mol. The van der Waals surface area contributed by atoms with Crippen molar-refractivity contribution >= 4 is 0 Å². The predicted octanol–water partition coefficient (Wildman–Crippen LogP) is 2.14. The Morgan fingerprint density at radius 1 is 1.17 bits per heavy atom. The lowest BCUT2D eigenvalue weighted by Gasteiger charge is -2.02. The second kappa shape index (κ2) is 6.31. The SMILES string of the molecule is CCCc1ccc(-n2cc(CCCO)nn2)cc1. The van der Waals surface area contributed by atoms with Crippen LogP contribution in [0.1, 0.15) is 31.0 Å². The first-order valence-corrected chi connectivity index (χ1v) is 6.45. The highest BCUT2D eigenvalue weighted by molar-refractivity contribution is 5.33.